The first-order valence-corrected chi connectivity index (χ1v) is 5.50. The predicted molar refractivity (Wildman–Crippen MR) is 67.2 cm³/mol. The highest BCUT2D eigenvalue weighted by atomic mass is 16.6. The average Bonchev–Trinajstić information content (AvgIpc) is 2.46. The zero-order chi connectivity index (χ0) is 12.8. The summed E-state index contributed by atoms with van der Waals surface area (Å²) in [7, 11) is 1.33. The molecule has 0 fully saturated rings. The summed E-state index contributed by atoms with van der Waals surface area (Å²) in [5, 5.41) is 0. The first-order valence-electron chi connectivity index (χ1n) is 5.50. The third kappa shape index (κ3) is 3.07. The van der Waals surface area contributed by atoms with E-state index in [-0.39, 0.29) is 6.61 Å². The summed E-state index contributed by atoms with van der Waals surface area (Å²) in [4.78, 5) is 15.2. The molecule has 0 saturated heterocycles. The van der Waals surface area contributed by atoms with Crippen LogP contribution in [0.5, 0.6) is 5.75 Å². The highest BCUT2D eigenvalue weighted by Crippen LogP contribution is 2.20. The Balaban J connectivity index is 2.04. The van der Waals surface area contributed by atoms with Crippen molar-refractivity contribution < 1.29 is 14.3 Å². The largest absolute Gasteiger partial charge is 0.482 e. The molecule has 4 heteroatoms. The molecule has 18 heavy (non-hydrogen) atoms. The van der Waals surface area contributed by atoms with Crippen molar-refractivity contribution in [2.45, 2.75) is 0 Å². The molecule has 92 valence electrons. The zero-order valence-corrected chi connectivity index (χ0v) is 10.00. The summed E-state index contributed by atoms with van der Waals surface area (Å²) in [5.74, 6) is 0.226. The van der Waals surface area contributed by atoms with Gasteiger partial charge in [0, 0.05) is 11.8 Å². The lowest BCUT2D eigenvalue weighted by molar-refractivity contribution is -0.142. The van der Waals surface area contributed by atoms with Crippen LogP contribution in [0.4, 0.5) is 0 Å². The maximum atomic E-state index is 10.9. The van der Waals surface area contributed by atoms with Gasteiger partial charge in [-0.15, -0.1) is 0 Å². The minimum absolute atomic E-state index is 0.0839. The minimum atomic E-state index is -0.399. The average molecular weight is 243 g/mol. The number of carbonyl (C=O) groups is 1. The molecule has 0 saturated carbocycles. The van der Waals surface area contributed by atoms with Gasteiger partial charge in [-0.3, -0.25) is 4.98 Å². The second kappa shape index (κ2) is 5.82. The van der Waals surface area contributed by atoms with Crippen LogP contribution < -0.4 is 4.74 Å². The van der Waals surface area contributed by atoms with Gasteiger partial charge in [0.05, 0.1) is 12.8 Å². The van der Waals surface area contributed by atoms with Gasteiger partial charge in [-0.2, -0.15) is 0 Å². The quantitative estimate of drug-likeness (QED) is 0.773. The maximum Gasteiger partial charge on any atom is 0.343 e. The van der Waals surface area contributed by atoms with Gasteiger partial charge in [0.25, 0.3) is 0 Å². The van der Waals surface area contributed by atoms with Crippen molar-refractivity contribution in [2.24, 2.45) is 0 Å². The Bertz CT molecular complexity index is 508. The van der Waals surface area contributed by atoms with Crippen LogP contribution in [0.3, 0.4) is 0 Å². The number of aromatic nitrogens is 1. The van der Waals surface area contributed by atoms with E-state index < -0.39 is 5.97 Å². The monoisotopic (exact) mass is 243 g/mol. The molecule has 4 nitrogen and oxygen atoms in total. The molecule has 2 aromatic rings. The van der Waals surface area contributed by atoms with Crippen LogP contribution in [-0.4, -0.2) is 24.7 Å². The molecule has 1 heterocycles. The standard InChI is InChI=1S/C14H13NO3/c1-17-14(16)10-18-12-7-5-11(6-8-12)13-4-2-3-9-15-13/h2-9H,10H2,1H3. The number of rotatable bonds is 4. The molecular weight excluding hydrogens is 230 g/mol. The number of pyridine rings is 1. The van der Waals surface area contributed by atoms with Crippen LogP contribution in [0.2, 0.25) is 0 Å². The minimum Gasteiger partial charge on any atom is -0.482 e. The maximum absolute atomic E-state index is 10.9. The van der Waals surface area contributed by atoms with Crippen molar-refractivity contribution in [3.63, 3.8) is 0 Å². The van der Waals surface area contributed by atoms with Gasteiger partial charge in [-0.05, 0) is 36.4 Å². The fraction of sp³-hybridized carbons (Fsp3) is 0.143. The van der Waals surface area contributed by atoms with Crippen molar-refractivity contribution >= 4 is 5.97 Å². The van der Waals surface area contributed by atoms with Crippen molar-refractivity contribution in [1.29, 1.82) is 0 Å². The predicted octanol–water partition coefficient (Wildman–Crippen LogP) is 2.30. The molecule has 0 aliphatic rings. The number of methoxy groups -OCH3 is 1. The fourth-order valence-corrected chi connectivity index (χ4v) is 1.46. The highest BCUT2D eigenvalue weighted by molar-refractivity contribution is 5.71. The molecule has 1 aromatic carbocycles. The number of nitrogens with zero attached hydrogens (tertiary/aromatic N) is 1. The zero-order valence-electron chi connectivity index (χ0n) is 10.00. The van der Waals surface area contributed by atoms with E-state index in [4.69, 9.17) is 4.74 Å². The Hall–Kier alpha value is -2.36. The van der Waals surface area contributed by atoms with Gasteiger partial charge >= 0.3 is 5.97 Å². The van der Waals surface area contributed by atoms with E-state index in [1.54, 1.807) is 18.3 Å². The fourth-order valence-electron chi connectivity index (χ4n) is 1.46. The second-order valence-corrected chi connectivity index (χ2v) is 3.60. The molecule has 0 N–H and O–H groups in total. The van der Waals surface area contributed by atoms with Crippen molar-refractivity contribution in [3.05, 3.63) is 48.7 Å². The summed E-state index contributed by atoms with van der Waals surface area (Å²) in [6.45, 7) is -0.0839. The normalized spacial score (nSPS) is 9.83. The van der Waals surface area contributed by atoms with Gasteiger partial charge < -0.3 is 9.47 Å². The first-order chi connectivity index (χ1) is 8.79. The van der Waals surface area contributed by atoms with E-state index in [1.807, 2.05) is 30.3 Å². The summed E-state index contributed by atoms with van der Waals surface area (Å²) < 4.78 is 9.75. The second-order valence-electron chi connectivity index (χ2n) is 3.60. The van der Waals surface area contributed by atoms with E-state index in [0.717, 1.165) is 11.3 Å². The van der Waals surface area contributed by atoms with E-state index in [0.29, 0.717) is 5.75 Å². The van der Waals surface area contributed by atoms with Crippen LogP contribution in [0.1, 0.15) is 0 Å². The molecule has 0 radical (unpaired) electrons. The Morgan fingerprint density at radius 3 is 2.56 bits per heavy atom. The lowest BCUT2D eigenvalue weighted by Crippen LogP contribution is -2.12. The highest BCUT2D eigenvalue weighted by Gasteiger charge is 2.02. The molecule has 0 bridgehead atoms. The first kappa shape index (κ1) is 12.1. The van der Waals surface area contributed by atoms with E-state index in [9.17, 15) is 4.79 Å². The Kier molecular flexibility index (Phi) is 3.91. The molecule has 0 unspecified atom stereocenters. The van der Waals surface area contributed by atoms with Gasteiger partial charge in [-0.1, -0.05) is 6.07 Å². The topological polar surface area (TPSA) is 48.4 Å². The Labute approximate surface area is 105 Å². The number of hydrogen-bond donors (Lipinski definition) is 0. The Morgan fingerprint density at radius 1 is 1.17 bits per heavy atom. The van der Waals surface area contributed by atoms with Gasteiger partial charge in [-0.25, -0.2) is 4.79 Å². The molecule has 0 aliphatic heterocycles. The van der Waals surface area contributed by atoms with E-state index in [2.05, 4.69) is 9.72 Å². The molecule has 2 rings (SSSR count). The summed E-state index contributed by atoms with van der Waals surface area (Å²) in [5.41, 5.74) is 1.90. The van der Waals surface area contributed by atoms with Crippen molar-refractivity contribution in [3.8, 4) is 17.0 Å². The Morgan fingerprint density at radius 2 is 1.94 bits per heavy atom. The lowest BCUT2D eigenvalue weighted by atomic mass is 10.1. The van der Waals surface area contributed by atoms with Crippen molar-refractivity contribution in [2.75, 3.05) is 13.7 Å². The van der Waals surface area contributed by atoms with Gasteiger partial charge in [0.15, 0.2) is 6.61 Å². The number of carbonyl (C=O) groups excluding carboxylic acids is 1. The van der Waals surface area contributed by atoms with E-state index in [1.165, 1.54) is 7.11 Å². The molecule has 0 aliphatic carbocycles. The smallest absolute Gasteiger partial charge is 0.343 e. The van der Waals surface area contributed by atoms with Crippen molar-refractivity contribution in [1.82, 2.24) is 4.98 Å². The SMILES string of the molecule is COC(=O)COc1ccc(-c2ccccn2)cc1. The van der Waals surface area contributed by atoms with Crippen LogP contribution in [0.25, 0.3) is 11.3 Å². The molecular formula is C14H13NO3. The van der Waals surface area contributed by atoms with Crippen LogP contribution in [0.15, 0.2) is 48.7 Å². The molecule has 0 amide bonds. The van der Waals surface area contributed by atoms with E-state index >= 15 is 0 Å². The lowest BCUT2D eigenvalue weighted by Gasteiger charge is -2.05. The number of esters is 1. The summed E-state index contributed by atoms with van der Waals surface area (Å²) in [6.07, 6.45) is 1.75. The number of benzene rings is 1. The van der Waals surface area contributed by atoms with Crippen LogP contribution in [0, 0.1) is 0 Å². The third-order valence-corrected chi connectivity index (χ3v) is 2.40. The van der Waals surface area contributed by atoms with Gasteiger partial charge in [0.2, 0.25) is 0 Å². The number of hydrogen-bond acceptors (Lipinski definition) is 4. The molecule has 0 spiro atoms. The van der Waals surface area contributed by atoms with Crippen LogP contribution in [-0.2, 0) is 9.53 Å². The molecule has 0 atom stereocenters. The summed E-state index contributed by atoms with van der Waals surface area (Å²) in [6, 6.07) is 13.1. The van der Waals surface area contributed by atoms with Gasteiger partial charge in [0.1, 0.15) is 5.75 Å². The number of ether oxygens (including phenoxy) is 2. The third-order valence-electron chi connectivity index (χ3n) is 2.40. The summed E-state index contributed by atoms with van der Waals surface area (Å²) >= 11 is 0. The molecule has 1 aromatic heterocycles. The van der Waals surface area contributed by atoms with Crippen LogP contribution >= 0.6 is 0 Å².